The van der Waals surface area contributed by atoms with Gasteiger partial charge in [-0.2, -0.15) is 0 Å². The van der Waals surface area contributed by atoms with Crippen LogP contribution in [0.25, 0.3) is 0 Å². The third kappa shape index (κ3) is 3.48. The monoisotopic (exact) mass is 266 g/mol. The minimum atomic E-state index is 0.249. The van der Waals surface area contributed by atoms with E-state index >= 15 is 0 Å². The number of nitrogens with zero attached hydrogens (tertiary/aromatic N) is 1. The van der Waals surface area contributed by atoms with Gasteiger partial charge in [0.2, 0.25) is 0 Å². The highest BCUT2D eigenvalue weighted by Gasteiger charge is 2.21. The Labute approximate surface area is 114 Å². The summed E-state index contributed by atoms with van der Waals surface area (Å²) in [5.41, 5.74) is 1.32. The second-order valence-corrected chi connectivity index (χ2v) is 5.47. The van der Waals surface area contributed by atoms with Crippen LogP contribution in [0.15, 0.2) is 29.2 Å². The zero-order valence-electron chi connectivity index (χ0n) is 10.9. The Balaban J connectivity index is 2.11. The molecule has 0 aromatic heterocycles. The van der Waals surface area contributed by atoms with Gasteiger partial charge in [-0.05, 0) is 30.4 Å². The highest BCUT2D eigenvalue weighted by Crippen LogP contribution is 2.26. The van der Waals surface area contributed by atoms with Gasteiger partial charge in [0.05, 0.1) is 0 Å². The molecule has 4 heteroatoms. The second kappa shape index (κ2) is 7.14. The van der Waals surface area contributed by atoms with Gasteiger partial charge in [0.1, 0.15) is 0 Å². The van der Waals surface area contributed by atoms with E-state index in [1.807, 2.05) is 0 Å². The summed E-state index contributed by atoms with van der Waals surface area (Å²) in [7, 11) is 0. The second-order valence-electron chi connectivity index (χ2n) is 4.59. The maximum atomic E-state index is 9.28. The van der Waals surface area contributed by atoms with E-state index in [-0.39, 0.29) is 6.61 Å². The fourth-order valence-corrected chi connectivity index (χ4v) is 2.91. The van der Waals surface area contributed by atoms with E-state index in [9.17, 15) is 5.11 Å². The molecule has 0 radical (unpaired) electrons. The number of aliphatic hydroxyl groups excluding tert-OH is 1. The molecule has 1 fully saturated rings. The van der Waals surface area contributed by atoms with Crippen LogP contribution < -0.4 is 5.32 Å². The van der Waals surface area contributed by atoms with Crippen molar-refractivity contribution in [1.82, 2.24) is 10.2 Å². The summed E-state index contributed by atoms with van der Waals surface area (Å²) in [6.07, 6.45) is 2.91. The molecule has 0 bridgehead atoms. The van der Waals surface area contributed by atoms with E-state index < -0.39 is 0 Å². The molecule has 1 saturated heterocycles. The number of benzene rings is 1. The molecular formula is C14H22N2OS. The molecule has 1 atom stereocenters. The topological polar surface area (TPSA) is 35.5 Å². The van der Waals surface area contributed by atoms with E-state index in [1.54, 1.807) is 11.8 Å². The van der Waals surface area contributed by atoms with E-state index in [4.69, 9.17) is 0 Å². The Kier molecular flexibility index (Phi) is 5.50. The number of thioether (sulfide) groups is 1. The Morgan fingerprint density at radius 2 is 1.94 bits per heavy atom. The van der Waals surface area contributed by atoms with Gasteiger partial charge in [0.25, 0.3) is 0 Å². The number of hydrogen-bond donors (Lipinski definition) is 2. The molecule has 2 N–H and O–H groups in total. The smallest absolute Gasteiger partial charge is 0.0449 e. The first-order valence-corrected chi connectivity index (χ1v) is 7.77. The summed E-state index contributed by atoms with van der Waals surface area (Å²) in [5, 5.41) is 12.7. The molecular weight excluding hydrogens is 244 g/mol. The quantitative estimate of drug-likeness (QED) is 0.796. The third-order valence-electron chi connectivity index (χ3n) is 3.50. The molecule has 1 aromatic carbocycles. The van der Waals surface area contributed by atoms with E-state index in [2.05, 4.69) is 40.7 Å². The average molecular weight is 266 g/mol. The van der Waals surface area contributed by atoms with Gasteiger partial charge in [-0.3, -0.25) is 4.90 Å². The van der Waals surface area contributed by atoms with Crippen LogP contribution >= 0.6 is 11.8 Å². The summed E-state index contributed by atoms with van der Waals surface area (Å²) < 4.78 is 0. The molecule has 0 saturated carbocycles. The van der Waals surface area contributed by atoms with Crippen molar-refractivity contribution in [3.63, 3.8) is 0 Å². The predicted octanol–water partition coefficient (Wildman–Crippen LogP) is 1.74. The van der Waals surface area contributed by atoms with Crippen LogP contribution in [0, 0.1) is 0 Å². The van der Waals surface area contributed by atoms with Crippen LogP contribution in [0.5, 0.6) is 0 Å². The van der Waals surface area contributed by atoms with Gasteiger partial charge in [-0.25, -0.2) is 0 Å². The Morgan fingerprint density at radius 1 is 1.28 bits per heavy atom. The highest BCUT2D eigenvalue weighted by atomic mass is 32.2. The van der Waals surface area contributed by atoms with Crippen molar-refractivity contribution in [2.45, 2.75) is 17.4 Å². The summed E-state index contributed by atoms with van der Waals surface area (Å²) in [4.78, 5) is 3.77. The molecule has 1 aliphatic heterocycles. The highest BCUT2D eigenvalue weighted by molar-refractivity contribution is 7.98. The Bertz CT molecular complexity index is 349. The van der Waals surface area contributed by atoms with Gasteiger partial charge in [-0.1, -0.05) is 12.1 Å². The molecule has 100 valence electrons. The third-order valence-corrected chi connectivity index (χ3v) is 4.24. The molecule has 3 nitrogen and oxygen atoms in total. The standard InChI is InChI=1S/C14H22N2OS/c1-18-13-4-2-12(3-5-13)14(6-11-17)16-9-7-15-8-10-16/h2-5,14-15,17H,6-11H2,1H3/t14-/m0/s1. The van der Waals surface area contributed by atoms with Crippen molar-refractivity contribution in [2.75, 3.05) is 39.0 Å². The predicted molar refractivity (Wildman–Crippen MR) is 77.1 cm³/mol. The maximum absolute atomic E-state index is 9.28. The zero-order chi connectivity index (χ0) is 12.8. The van der Waals surface area contributed by atoms with Gasteiger partial charge < -0.3 is 10.4 Å². The summed E-state index contributed by atoms with van der Waals surface area (Å²) in [5.74, 6) is 0. The first-order chi connectivity index (χ1) is 8.85. The van der Waals surface area contributed by atoms with Gasteiger partial charge in [-0.15, -0.1) is 11.8 Å². The maximum Gasteiger partial charge on any atom is 0.0449 e. The SMILES string of the molecule is CSc1ccc([C@H](CCO)N2CCNCC2)cc1. The van der Waals surface area contributed by atoms with Crippen LogP contribution in [-0.2, 0) is 0 Å². The summed E-state index contributed by atoms with van der Waals surface area (Å²) >= 11 is 1.77. The van der Waals surface area contributed by atoms with Crippen LogP contribution in [0.2, 0.25) is 0 Å². The lowest BCUT2D eigenvalue weighted by molar-refractivity contribution is 0.141. The van der Waals surface area contributed by atoms with Crippen molar-refractivity contribution in [1.29, 1.82) is 0 Å². The van der Waals surface area contributed by atoms with Gasteiger partial charge in [0, 0.05) is 43.7 Å². The van der Waals surface area contributed by atoms with Crippen molar-refractivity contribution >= 4 is 11.8 Å². The first kappa shape index (κ1) is 13.9. The molecule has 2 rings (SSSR count). The van der Waals surface area contributed by atoms with Crippen LogP contribution in [0.3, 0.4) is 0 Å². The van der Waals surface area contributed by atoms with E-state index in [0.29, 0.717) is 6.04 Å². The minimum Gasteiger partial charge on any atom is -0.396 e. The fraction of sp³-hybridized carbons (Fsp3) is 0.571. The number of piperazine rings is 1. The van der Waals surface area contributed by atoms with Crippen molar-refractivity contribution in [3.05, 3.63) is 29.8 Å². The molecule has 0 aliphatic carbocycles. The molecule has 0 spiro atoms. The summed E-state index contributed by atoms with van der Waals surface area (Å²) in [6.45, 7) is 4.47. The molecule has 18 heavy (non-hydrogen) atoms. The minimum absolute atomic E-state index is 0.249. The van der Waals surface area contributed by atoms with Crippen molar-refractivity contribution < 1.29 is 5.11 Å². The number of rotatable bonds is 5. The van der Waals surface area contributed by atoms with Gasteiger partial charge >= 0.3 is 0 Å². The van der Waals surface area contributed by atoms with E-state index in [1.165, 1.54) is 10.5 Å². The normalized spacial score (nSPS) is 18.8. The summed E-state index contributed by atoms with van der Waals surface area (Å²) in [6, 6.07) is 9.11. The van der Waals surface area contributed by atoms with Crippen LogP contribution in [0.4, 0.5) is 0 Å². The van der Waals surface area contributed by atoms with Crippen molar-refractivity contribution in [3.8, 4) is 0 Å². The fourth-order valence-electron chi connectivity index (χ4n) is 2.50. The molecule has 1 aromatic rings. The first-order valence-electron chi connectivity index (χ1n) is 6.54. The zero-order valence-corrected chi connectivity index (χ0v) is 11.7. The molecule has 1 aliphatic rings. The lowest BCUT2D eigenvalue weighted by atomic mass is 10.0. The lowest BCUT2D eigenvalue weighted by Gasteiger charge is -2.35. The van der Waals surface area contributed by atoms with Crippen LogP contribution in [0.1, 0.15) is 18.0 Å². The molecule has 1 heterocycles. The molecule has 0 unspecified atom stereocenters. The molecule has 0 amide bonds. The van der Waals surface area contributed by atoms with Crippen LogP contribution in [-0.4, -0.2) is 49.0 Å². The largest absolute Gasteiger partial charge is 0.396 e. The number of aliphatic hydroxyl groups is 1. The van der Waals surface area contributed by atoms with Crippen molar-refractivity contribution in [2.24, 2.45) is 0 Å². The average Bonchev–Trinajstić information content (AvgIpc) is 2.46. The van der Waals surface area contributed by atoms with E-state index in [0.717, 1.165) is 32.6 Å². The lowest BCUT2D eigenvalue weighted by Crippen LogP contribution is -2.45. The number of hydrogen-bond acceptors (Lipinski definition) is 4. The Morgan fingerprint density at radius 3 is 2.50 bits per heavy atom. The van der Waals surface area contributed by atoms with Gasteiger partial charge in [0.15, 0.2) is 0 Å². The number of nitrogens with one attached hydrogen (secondary N) is 1. The Hall–Kier alpha value is -0.550.